The first-order chi connectivity index (χ1) is 16.7. The minimum Gasteiger partial charge on any atom is -0.398 e. The Bertz CT molecular complexity index is 1290. The molecule has 4 rings (SSSR count). The molecule has 2 aromatic heterocycles. The number of oxime groups is 1. The molecular formula is C20H24N8O4S3. The number of nitrogens with zero attached hydrogens (tertiary/aromatic N) is 6. The van der Waals surface area contributed by atoms with Crippen LogP contribution in [0, 0.1) is 6.92 Å². The van der Waals surface area contributed by atoms with Crippen LogP contribution in [0.2, 0.25) is 0 Å². The molecule has 0 bridgehead atoms. The second-order valence-electron chi connectivity index (χ2n) is 7.66. The minimum absolute atomic E-state index is 0.00600. The number of allylic oxidation sites excluding steroid dienone is 1. The summed E-state index contributed by atoms with van der Waals surface area (Å²) in [5, 5.41) is 16.3. The molecule has 2 atom stereocenters. The van der Waals surface area contributed by atoms with Crippen LogP contribution >= 0.6 is 34.9 Å². The highest BCUT2D eigenvalue weighted by Crippen LogP contribution is 2.41. The molecule has 0 unspecified atom stereocenters. The third kappa shape index (κ3) is 4.92. The van der Waals surface area contributed by atoms with Gasteiger partial charge in [0, 0.05) is 36.7 Å². The lowest BCUT2D eigenvalue weighted by Gasteiger charge is -2.50. The zero-order valence-corrected chi connectivity index (χ0v) is 22.1. The Hall–Kier alpha value is -2.91. The highest BCUT2D eigenvalue weighted by molar-refractivity contribution is 8.01. The number of rotatable bonds is 8. The lowest BCUT2D eigenvalue weighted by Crippen LogP contribution is -2.70. The second kappa shape index (κ2) is 10.4. The van der Waals surface area contributed by atoms with Crippen molar-refractivity contribution in [1.29, 1.82) is 0 Å². The van der Waals surface area contributed by atoms with Crippen LogP contribution in [-0.4, -0.2) is 79.3 Å². The third-order valence-electron chi connectivity index (χ3n) is 5.45. The molecule has 12 nitrogen and oxygen atoms in total. The summed E-state index contributed by atoms with van der Waals surface area (Å²) in [6, 6.07) is -0.676. The smallest absolute Gasteiger partial charge is 0.295 e. The van der Waals surface area contributed by atoms with Gasteiger partial charge in [-0.1, -0.05) is 16.9 Å². The number of aromatic nitrogens is 4. The van der Waals surface area contributed by atoms with Gasteiger partial charge in [0.2, 0.25) is 0 Å². The second-order valence-corrected chi connectivity index (χ2v) is 10.6. The minimum atomic E-state index is -0.676. The first kappa shape index (κ1) is 25.2. The van der Waals surface area contributed by atoms with Crippen LogP contribution in [0.25, 0.3) is 0 Å². The molecule has 35 heavy (non-hydrogen) atoms. The molecule has 0 aliphatic carbocycles. The number of thiazole rings is 1. The lowest BCUT2D eigenvalue weighted by molar-refractivity contribution is -0.144. The summed E-state index contributed by atoms with van der Waals surface area (Å²) in [5.41, 5.74) is 2.29. The number of anilines is 1. The number of hydrogen-bond acceptors (Lipinski definition) is 12. The molecule has 0 aromatic carbocycles. The fourth-order valence-electron chi connectivity index (χ4n) is 3.56. The standard InChI is InChI=1S/C20H24N8O4S3/c1-9-15(29)24-20(27(4)25-9)35-7-11-6-33-18-14(17(31)28(18)10(11)2)23-16(30)13(26-32-5)12-8-34-19(21-3)22-12/h8,14,18H,6-7H2,1-5H3,(H,21,22)(H,23,30)/b26-13+/t14-,18-/m1/s1. The van der Waals surface area contributed by atoms with Gasteiger partial charge in [0.15, 0.2) is 16.0 Å². The van der Waals surface area contributed by atoms with E-state index in [1.807, 2.05) is 6.92 Å². The molecule has 0 saturated carbocycles. The van der Waals surface area contributed by atoms with E-state index >= 15 is 0 Å². The van der Waals surface area contributed by atoms with E-state index in [2.05, 4.69) is 30.9 Å². The van der Waals surface area contributed by atoms with Crippen molar-refractivity contribution in [2.45, 2.75) is 30.4 Å². The molecule has 2 amide bonds. The summed E-state index contributed by atoms with van der Waals surface area (Å²) in [6.07, 6.45) is 0. The van der Waals surface area contributed by atoms with Crippen LogP contribution in [0.3, 0.4) is 0 Å². The van der Waals surface area contributed by atoms with Crippen molar-refractivity contribution in [1.82, 2.24) is 30.0 Å². The number of fused-ring (bicyclic) bond motifs is 1. The van der Waals surface area contributed by atoms with Gasteiger partial charge in [-0.2, -0.15) is 10.1 Å². The SMILES string of the molecule is CNc1nc(/C(=N\OC)C(=O)N[C@@H]2C(=O)N3C(C)=C(CSc4nc(=O)c(C)nn4C)CS[C@H]23)cs1. The molecule has 0 spiro atoms. The summed E-state index contributed by atoms with van der Waals surface area (Å²) >= 11 is 4.30. The number of carbonyl (C=O) groups excluding carboxylic acids is 2. The highest BCUT2D eigenvalue weighted by atomic mass is 32.2. The number of hydrogen-bond donors (Lipinski definition) is 2. The Morgan fingerprint density at radius 2 is 2.11 bits per heavy atom. The van der Waals surface area contributed by atoms with E-state index in [0.717, 1.165) is 11.3 Å². The van der Waals surface area contributed by atoms with Gasteiger partial charge >= 0.3 is 0 Å². The summed E-state index contributed by atoms with van der Waals surface area (Å²) in [6.45, 7) is 3.52. The normalized spacial score (nSPS) is 19.9. The fraction of sp³-hybridized carbons (Fsp3) is 0.450. The Morgan fingerprint density at radius 3 is 2.80 bits per heavy atom. The Labute approximate surface area is 213 Å². The predicted octanol–water partition coefficient (Wildman–Crippen LogP) is 0.799. The molecule has 4 heterocycles. The number of carbonyl (C=O) groups is 2. The summed E-state index contributed by atoms with van der Waals surface area (Å²) in [4.78, 5) is 52.6. The number of nitrogens with one attached hydrogen (secondary N) is 2. The molecule has 1 fully saturated rings. The zero-order valence-electron chi connectivity index (χ0n) is 19.7. The van der Waals surface area contributed by atoms with Gasteiger partial charge in [-0.05, 0) is 19.4 Å². The van der Waals surface area contributed by atoms with Crippen LogP contribution in [0.4, 0.5) is 5.13 Å². The van der Waals surface area contributed by atoms with E-state index in [1.165, 1.54) is 30.2 Å². The van der Waals surface area contributed by atoms with E-state index < -0.39 is 11.9 Å². The molecule has 2 aliphatic heterocycles. The lowest BCUT2D eigenvalue weighted by atomic mass is 10.0. The van der Waals surface area contributed by atoms with Crippen molar-refractivity contribution in [2.75, 3.05) is 31.0 Å². The third-order valence-corrected chi connectivity index (χ3v) is 8.75. The zero-order chi connectivity index (χ0) is 25.3. The summed E-state index contributed by atoms with van der Waals surface area (Å²) in [5.74, 6) is 0.535. The number of amides is 2. The number of aryl methyl sites for hydroxylation is 2. The van der Waals surface area contributed by atoms with Gasteiger partial charge in [0.05, 0.1) is 0 Å². The van der Waals surface area contributed by atoms with Crippen molar-refractivity contribution in [2.24, 2.45) is 12.2 Å². The van der Waals surface area contributed by atoms with E-state index in [4.69, 9.17) is 4.84 Å². The van der Waals surface area contributed by atoms with Crippen LogP contribution in [-0.2, 0) is 21.5 Å². The summed E-state index contributed by atoms with van der Waals surface area (Å²) < 4.78 is 1.58. The number of β-lactam (4-membered cyclic amide) rings is 1. The molecule has 15 heteroatoms. The van der Waals surface area contributed by atoms with Gasteiger partial charge in [0.1, 0.15) is 29.9 Å². The predicted molar refractivity (Wildman–Crippen MR) is 136 cm³/mol. The van der Waals surface area contributed by atoms with Crippen molar-refractivity contribution >= 4 is 57.5 Å². The fourth-order valence-corrected chi connectivity index (χ4v) is 6.81. The Kier molecular flexibility index (Phi) is 7.47. The Morgan fingerprint density at radius 1 is 1.34 bits per heavy atom. The van der Waals surface area contributed by atoms with Crippen LogP contribution < -0.4 is 16.2 Å². The van der Waals surface area contributed by atoms with Crippen molar-refractivity contribution < 1.29 is 14.4 Å². The molecule has 186 valence electrons. The Balaban J connectivity index is 1.43. The monoisotopic (exact) mass is 536 g/mol. The topological polar surface area (TPSA) is 144 Å². The average molecular weight is 537 g/mol. The average Bonchev–Trinajstić information content (AvgIpc) is 3.31. The summed E-state index contributed by atoms with van der Waals surface area (Å²) in [7, 11) is 4.82. The van der Waals surface area contributed by atoms with Gasteiger partial charge in [0.25, 0.3) is 17.4 Å². The maximum atomic E-state index is 13.0. The molecule has 0 radical (unpaired) electrons. The molecule has 2 aliphatic rings. The van der Waals surface area contributed by atoms with Crippen LogP contribution in [0.5, 0.6) is 0 Å². The quantitative estimate of drug-likeness (QED) is 0.215. The van der Waals surface area contributed by atoms with Gasteiger partial charge in [-0.3, -0.25) is 19.3 Å². The molecule has 2 N–H and O–H groups in total. The molecule has 2 aromatic rings. The van der Waals surface area contributed by atoms with Crippen LogP contribution in [0.15, 0.2) is 31.8 Å². The molecular weight excluding hydrogens is 512 g/mol. The van der Waals surface area contributed by atoms with E-state index in [0.29, 0.717) is 33.2 Å². The van der Waals surface area contributed by atoms with Crippen LogP contribution in [0.1, 0.15) is 18.3 Å². The maximum Gasteiger partial charge on any atom is 0.295 e. The highest BCUT2D eigenvalue weighted by Gasteiger charge is 2.51. The van der Waals surface area contributed by atoms with E-state index in [-0.39, 0.29) is 22.6 Å². The first-order valence-electron chi connectivity index (χ1n) is 10.5. The van der Waals surface area contributed by atoms with Gasteiger partial charge < -0.3 is 15.5 Å². The maximum absolute atomic E-state index is 13.0. The largest absolute Gasteiger partial charge is 0.398 e. The van der Waals surface area contributed by atoms with Gasteiger partial charge in [-0.15, -0.1) is 23.1 Å². The van der Waals surface area contributed by atoms with Crippen molar-refractivity contribution in [3.8, 4) is 0 Å². The van der Waals surface area contributed by atoms with E-state index in [1.54, 1.807) is 47.7 Å². The molecule has 1 saturated heterocycles. The van der Waals surface area contributed by atoms with Gasteiger partial charge in [-0.25, -0.2) is 9.67 Å². The van der Waals surface area contributed by atoms with Crippen molar-refractivity contribution in [3.05, 3.63) is 38.4 Å². The van der Waals surface area contributed by atoms with E-state index in [9.17, 15) is 14.4 Å². The number of thioether (sulfide) groups is 2. The van der Waals surface area contributed by atoms with Crippen molar-refractivity contribution in [3.63, 3.8) is 0 Å². The first-order valence-corrected chi connectivity index (χ1v) is 13.4.